The zero-order valence-electron chi connectivity index (χ0n) is 20.0. The Labute approximate surface area is 200 Å². The third-order valence-electron chi connectivity index (χ3n) is 9.84. The molecule has 1 saturated heterocycles. The summed E-state index contributed by atoms with van der Waals surface area (Å²) < 4.78 is 19.0. The van der Waals surface area contributed by atoms with Gasteiger partial charge >= 0.3 is 0 Å². The molecule has 6 atom stereocenters. The average molecular weight is 458 g/mol. The third kappa shape index (κ3) is 2.17. The molecule has 1 saturated carbocycles. The van der Waals surface area contributed by atoms with Crippen molar-refractivity contribution in [3.05, 3.63) is 71.3 Å². The zero-order valence-corrected chi connectivity index (χ0v) is 20.0. The number of carbonyl (C=O) groups is 1. The number of benzene rings is 2. The minimum Gasteiger partial charge on any atom is -0.493 e. The summed E-state index contributed by atoms with van der Waals surface area (Å²) in [6.45, 7) is 3.63. The van der Waals surface area contributed by atoms with Gasteiger partial charge in [-0.3, -0.25) is 9.69 Å². The molecule has 2 fully saturated rings. The summed E-state index contributed by atoms with van der Waals surface area (Å²) in [4.78, 5) is 15.8. The first-order valence-electron chi connectivity index (χ1n) is 12.4. The molecule has 2 aromatic rings. The minimum atomic E-state index is -0.752. The van der Waals surface area contributed by atoms with Gasteiger partial charge in [-0.25, -0.2) is 0 Å². The molecule has 5 nitrogen and oxygen atoms in total. The van der Waals surface area contributed by atoms with E-state index in [1.807, 2.05) is 0 Å². The molecule has 4 bridgehead atoms. The van der Waals surface area contributed by atoms with E-state index < -0.39 is 5.60 Å². The molecule has 0 radical (unpaired) electrons. The van der Waals surface area contributed by atoms with Crippen LogP contribution < -0.4 is 9.47 Å². The van der Waals surface area contributed by atoms with Crippen molar-refractivity contribution in [3.8, 4) is 11.5 Å². The zero-order chi connectivity index (χ0) is 23.3. The van der Waals surface area contributed by atoms with Crippen LogP contribution in [0.5, 0.6) is 11.5 Å². The van der Waals surface area contributed by atoms with Crippen molar-refractivity contribution in [1.29, 1.82) is 0 Å². The summed E-state index contributed by atoms with van der Waals surface area (Å²) in [6, 6.07) is 15.3. The van der Waals surface area contributed by atoms with Crippen molar-refractivity contribution < 1.29 is 19.0 Å². The molecular formula is C29H31NO4. The normalized spacial score (nSPS) is 38.4. The fourth-order valence-electron chi connectivity index (χ4n) is 8.55. The van der Waals surface area contributed by atoms with E-state index in [2.05, 4.69) is 59.5 Å². The van der Waals surface area contributed by atoms with Crippen LogP contribution >= 0.6 is 0 Å². The predicted molar refractivity (Wildman–Crippen MR) is 128 cm³/mol. The Morgan fingerprint density at radius 2 is 1.97 bits per heavy atom. The van der Waals surface area contributed by atoms with Crippen molar-refractivity contribution in [2.45, 2.75) is 55.9 Å². The number of ether oxygens (including phenoxy) is 3. The van der Waals surface area contributed by atoms with Gasteiger partial charge in [0.1, 0.15) is 17.5 Å². The lowest BCUT2D eigenvalue weighted by atomic mass is 9.37. The van der Waals surface area contributed by atoms with E-state index >= 15 is 0 Å². The number of likely N-dealkylation sites (tertiary alicyclic amines) is 1. The Kier molecular flexibility index (Phi) is 4.10. The van der Waals surface area contributed by atoms with Crippen LogP contribution in [0.4, 0.5) is 0 Å². The van der Waals surface area contributed by atoms with Crippen LogP contribution in [0.3, 0.4) is 0 Å². The second kappa shape index (κ2) is 6.73. The number of rotatable bonds is 5. The van der Waals surface area contributed by atoms with Crippen molar-refractivity contribution in [1.82, 2.24) is 4.90 Å². The fraction of sp³-hybridized carbons (Fsp3) is 0.483. The smallest absolute Gasteiger partial charge is 0.166 e. The van der Waals surface area contributed by atoms with Gasteiger partial charge in [0.15, 0.2) is 11.5 Å². The standard InChI is InChI=1S/C29H31NO4/c1-18(31)21-16-27-11-12-29(21,33-3)26-28(27)13-14-30(17-19-7-5-4-6-8-19)23(27)15-20-9-10-22(32-2)25(34-26)24(20)28/h4-12,21,23,26H,13-17H2,1-3H3/t21-,23-,26-,27-,28+,29-/m1/s1. The Hall–Kier alpha value is -2.63. The van der Waals surface area contributed by atoms with Gasteiger partial charge in [0, 0.05) is 30.7 Å². The lowest BCUT2D eigenvalue weighted by Crippen LogP contribution is -2.79. The molecule has 0 unspecified atom stereocenters. The van der Waals surface area contributed by atoms with E-state index in [0.29, 0.717) is 6.04 Å². The van der Waals surface area contributed by atoms with Gasteiger partial charge in [-0.15, -0.1) is 0 Å². The molecule has 2 aliphatic heterocycles. The first-order valence-corrected chi connectivity index (χ1v) is 12.4. The highest BCUT2D eigenvalue weighted by molar-refractivity contribution is 5.82. The van der Waals surface area contributed by atoms with Gasteiger partial charge in [0.2, 0.25) is 0 Å². The van der Waals surface area contributed by atoms with E-state index in [-0.39, 0.29) is 28.6 Å². The molecule has 4 aliphatic carbocycles. The molecule has 5 heteroatoms. The summed E-state index contributed by atoms with van der Waals surface area (Å²) >= 11 is 0. The Bertz CT molecular complexity index is 1220. The highest BCUT2D eigenvalue weighted by Crippen LogP contribution is 2.74. The van der Waals surface area contributed by atoms with Crippen LogP contribution in [0, 0.1) is 11.3 Å². The molecule has 34 heavy (non-hydrogen) atoms. The predicted octanol–water partition coefficient (Wildman–Crippen LogP) is 4.07. The van der Waals surface area contributed by atoms with Gasteiger partial charge in [-0.05, 0) is 49.9 Å². The number of carbonyl (C=O) groups excluding carboxylic acids is 1. The summed E-state index contributed by atoms with van der Waals surface area (Å²) in [5.74, 6) is 1.62. The van der Waals surface area contributed by atoms with Crippen LogP contribution in [0.25, 0.3) is 0 Å². The number of hydrogen-bond acceptors (Lipinski definition) is 5. The first-order chi connectivity index (χ1) is 16.5. The van der Waals surface area contributed by atoms with Crippen molar-refractivity contribution >= 4 is 5.78 Å². The quantitative estimate of drug-likeness (QED) is 0.634. The number of nitrogens with zero attached hydrogens (tertiary/aromatic N) is 1. The van der Waals surface area contributed by atoms with E-state index in [0.717, 1.165) is 43.9 Å². The van der Waals surface area contributed by atoms with Crippen molar-refractivity contribution in [3.63, 3.8) is 0 Å². The molecule has 2 aromatic carbocycles. The van der Waals surface area contributed by atoms with Crippen LogP contribution in [0.15, 0.2) is 54.6 Å². The molecular weight excluding hydrogens is 426 g/mol. The van der Waals surface area contributed by atoms with E-state index in [9.17, 15) is 4.79 Å². The summed E-state index contributed by atoms with van der Waals surface area (Å²) in [5.41, 5.74) is 2.88. The van der Waals surface area contributed by atoms with Gasteiger partial charge in [0.05, 0.1) is 18.4 Å². The number of Topliss-reactive ketones (excluding diaryl/α,β-unsaturated/α-hetero) is 1. The Morgan fingerprint density at radius 3 is 2.71 bits per heavy atom. The van der Waals surface area contributed by atoms with Crippen LogP contribution in [0.1, 0.15) is 36.5 Å². The van der Waals surface area contributed by atoms with Crippen LogP contribution in [0.2, 0.25) is 0 Å². The van der Waals surface area contributed by atoms with Gasteiger partial charge in [-0.1, -0.05) is 48.6 Å². The highest BCUT2D eigenvalue weighted by Gasteiger charge is 2.79. The molecule has 0 aromatic heterocycles. The molecule has 176 valence electrons. The Morgan fingerprint density at radius 1 is 1.15 bits per heavy atom. The average Bonchev–Trinajstić information content (AvgIpc) is 3.23. The molecule has 2 spiro atoms. The van der Waals surface area contributed by atoms with Crippen LogP contribution in [-0.2, 0) is 27.9 Å². The maximum atomic E-state index is 13.1. The summed E-state index contributed by atoms with van der Waals surface area (Å²) in [6.07, 6.45) is 7.12. The number of ketones is 1. The molecule has 6 aliphatic rings. The van der Waals surface area contributed by atoms with E-state index in [4.69, 9.17) is 14.2 Å². The maximum Gasteiger partial charge on any atom is 0.166 e. The Balaban J connectivity index is 1.47. The summed E-state index contributed by atoms with van der Waals surface area (Å²) in [5, 5.41) is 0. The van der Waals surface area contributed by atoms with Gasteiger partial charge < -0.3 is 14.2 Å². The number of fused-ring (bicyclic) bond motifs is 1. The SMILES string of the molecule is COc1ccc2c3c1O[C@H]1[C@@]4(OC)C=C[C@@]5(C[C@@H]4C(C)=O)[C@@H](C2)N(Cc2ccccc2)CC[C@]315. The fourth-order valence-corrected chi connectivity index (χ4v) is 8.55. The third-order valence-corrected chi connectivity index (χ3v) is 9.84. The second-order valence-corrected chi connectivity index (χ2v) is 10.8. The van der Waals surface area contributed by atoms with Crippen molar-refractivity contribution in [2.75, 3.05) is 20.8 Å². The van der Waals surface area contributed by atoms with Gasteiger partial charge in [0.25, 0.3) is 0 Å². The maximum absolute atomic E-state index is 13.1. The largest absolute Gasteiger partial charge is 0.493 e. The number of hydrogen-bond donors (Lipinski definition) is 0. The first kappa shape index (κ1) is 20.7. The monoisotopic (exact) mass is 457 g/mol. The van der Waals surface area contributed by atoms with E-state index in [1.165, 1.54) is 16.7 Å². The van der Waals surface area contributed by atoms with E-state index in [1.54, 1.807) is 21.1 Å². The van der Waals surface area contributed by atoms with Crippen LogP contribution in [-0.4, -0.2) is 49.2 Å². The molecule has 0 amide bonds. The topological polar surface area (TPSA) is 48.0 Å². The number of piperidine rings is 1. The minimum absolute atomic E-state index is 0.175. The summed E-state index contributed by atoms with van der Waals surface area (Å²) in [7, 11) is 3.45. The molecule has 0 N–H and O–H groups in total. The highest BCUT2D eigenvalue weighted by atomic mass is 16.6. The number of methoxy groups -OCH3 is 2. The lowest BCUT2D eigenvalue weighted by Gasteiger charge is -2.71. The van der Waals surface area contributed by atoms with Gasteiger partial charge in [-0.2, -0.15) is 0 Å². The molecule has 2 heterocycles. The van der Waals surface area contributed by atoms with Crippen molar-refractivity contribution in [2.24, 2.45) is 11.3 Å². The second-order valence-electron chi connectivity index (χ2n) is 10.8. The lowest BCUT2D eigenvalue weighted by molar-refractivity contribution is -0.215. The molecule has 8 rings (SSSR count).